The second-order valence-corrected chi connectivity index (χ2v) is 8.10. The molecule has 0 spiro atoms. The highest BCUT2D eigenvalue weighted by Crippen LogP contribution is 2.38. The lowest BCUT2D eigenvalue weighted by Crippen LogP contribution is -2.11. The van der Waals surface area contributed by atoms with Crippen LogP contribution in [0, 0.1) is 18.6 Å². The van der Waals surface area contributed by atoms with Gasteiger partial charge in [-0.15, -0.1) is 0 Å². The summed E-state index contributed by atoms with van der Waals surface area (Å²) >= 11 is 0. The number of methoxy groups -OCH3 is 2. The number of amides is 1. The van der Waals surface area contributed by atoms with Gasteiger partial charge in [-0.2, -0.15) is 0 Å². The van der Waals surface area contributed by atoms with Crippen molar-refractivity contribution in [3.05, 3.63) is 77.7 Å². The monoisotopic (exact) mass is 522 g/mol. The van der Waals surface area contributed by atoms with E-state index in [0.29, 0.717) is 22.6 Å². The molecule has 4 aromatic rings. The van der Waals surface area contributed by atoms with Gasteiger partial charge in [-0.1, -0.05) is 12.6 Å². The number of benzene rings is 2. The number of aryl methyl sites for hydroxylation is 1. The van der Waals surface area contributed by atoms with Crippen LogP contribution in [0.3, 0.4) is 0 Å². The molecule has 9 nitrogen and oxygen atoms in total. The van der Waals surface area contributed by atoms with Gasteiger partial charge >= 0.3 is 0 Å². The van der Waals surface area contributed by atoms with Gasteiger partial charge in [0.1, 0.15) is 11.4 Å². The molecule has 0 radical (unpaired) electrons. The summed E-state index contributed by atoms with van der Waals surface area (Å²) < 4.78 is 45.6. The first-order chi connectivity index (χ1) is 18.2. The molecule has 2 aromatic heterocycles. The van der Waals surface area contributed by atoms with Crippen LogP contribution in [0.15, 0.2) is 53.6 Å². The van der Waals surface area contributed by atoms with E-state index >= 15 is 8.78 Å². The minimum Gasteiger partial charge on any atom is -0.494 e. The minimum atomic E-state index is -1.19. The lowest BCUT2D eigenvalue weighted by atomic mass is 10.0. The number of hydrogen-bond acceptors (Lipinski definition) is 8. The number of fused-ring (bicyclic) bond motifs is 1. The SMILES string of the molecule is C=CC(=O)Nc1cc(C)ccc1Nc1cc2c(NC)c(C(=O)c3c(F)c(OC)cc(OC)c3F)oc2cn1. The predicted octanol–water partition coefficient (Wildman–Crippen LogP) is 5.57. The Balaban J connectivity index is 1.78. The van der Waals surface area contributed by atoms with E-state index in [-0.39, 0.29) is 34.4 Å². The molecule has 2 heterocycles. The van der Waals surface area contributed by atoms with Gasteiger partial charge < -0.3 is 29.8 Å². The van der Waals surface area contributed by atoms with Gasteiger partial charge in [-0.3, -0.25) is 9.59 Å². The van der Waals surface area contributed by atoms with Crippen molar-refractivity contribution in [3.8, 4) is 11.5 Å². The van der Waals surface area contributed by atoms with Crippen LogP contribution in [0.2, 0.25) is 0 Å². The van der Waals surface area contributed by atoms with Crippen molar-refractivity contribution in [3.63, 3.8) is 0 Å². The Hall–Kier alpha value is -4.93. The molecule has 196 valence electrons. The van der Waals surface area contributed by atoms with Crippen molar-refractivity contribution in [2.24, 2.45) is 0 Å². The van der Waals surface area contributed by atoms with Crippen molar-refractivity contribution in [1.82, 2.24) is 4.98 Å². The molecule has 0 aliphatic rings. The number of carbonyl (C=O) groups is 2. The van der Waals surface area contributed by atoms with Crippen LogP contribution in [0.1, 0.15) is 21.7 Å². The molecular formula is C27H24F2N4O5. The standard InChI is InChI=1S/C27H24F2N4O5/c1-6-21(34)33-16-9-13(2)7-8-15(16)32-20-10-14-19(12-31-20)38-27(25(14)30-3)26(35)22-23(28)17(36-4)11-18(37-5)24(22)29/h6-12,30H,1H2,2-5H3,(H,31,32)(H,33,34). The predicted molar refractivity (Wildman–Crippen MR) is 140 cm³/mol. The normalized spacial score (nSPS) is 10.7. The number of ether oxygens (including phenoxy) is 2. The van der Waals surface area contributed by atoms with Crippen LogP contribution in [0.25, 0.3) is 11.0 Å². The molecule has 0 fully saturated rings. The summed E-state index contributed by atoms with van der Waals surface area (Å²) in [5, 5.41) is 9.14. The van der Waals surface area contributed by atoms with E-state index in [1.165, 1.54) is 27.5 Å². The lowest BCUT2D eigenvalue weighted by Gasteiger charge is -2.13. The lowest BCUT2D eigenvalue weighted by molar-refractivity contribution is -0.111. The number of halogens is 2. The fourth-order valence-corrected chi connectivity index (χ4v) is 3.87. The first-order valence-electron chi connectivity index (χ1n) is 11.3. The molecule has 0 saturated heterocycles. The molecule has 1 amide bonds. The summed E-state index contributed by atoms with van der Waals surface area (Å²) in [6.45, 7) is 5.34. The van der Waals surface area contributed by atoms with Crippen LogP contribution >= 0.6 is 0 Å². The van der Waals surface area contributed by atoms with Crippen LogP contribution in [0.5, 0.6) is 11.5 Å². The van der Waals surface area contributed by atoms with E-state index in [0.717, 1.165) is 17.7 Å². The fraction of sp³-hybridized carbons (Fsp3) is 0.148. The highest BCUT2D eigenvalue weighted by Gasteiger charge is 2.31. The van der Waals surface area contributed by atoms with Crippen molar-refractivity contribution < 1.29 is 32.3 Å². The highest BCUT2D eigenvalue weighted by molar-refractivity contribution is 6.15. The van der Waals surface area contributed by atoms with Crippen molar-refractivity contribution in [1.29, 1.82) is 0 Å². The molecule has 2 aromatic carbocycles. The first kappa shape index (κ1) is 26.1. The Kier molecular flexibility index (Phi) is 7.28. The van der Waals surface area contributed by atoms with E-state index in [9.17, 15) is 9.59 Å². The third kappa shape index (κ3) is 4.73. The van der Waals surface area contributed by atoms with Crippen LogP contribution < -0.4 is 25.4 Å². The van der Waals surface area contributed by atoms with Crippen molar-refractivity contribution in [2.45, 2.75) is 6.92 Å². The average molecular weight is 523 g/mol. The largest absolute Gasteiger partial charge is 0.494 e. The summed E-state index contributed by atoms with van der Waals surface area (Å²) in [4.78, 5) is 29.5. The third-order valence-corrected chi connectivity index (χ3v) is 5.71. The summed E-state index contributed by atoms with van der Waals surface area (Å²) in [5.74, 6) is -4.51. The zero-order valence-electron chi connectivity index (χ0n) is 21.0. The number of pyridine rings is 1. The number of hydrogen-bond donors (Lipinski definition) is 3. The van der Waals surface area contributed by atoms with Gasteiger partial charge in [0.25, 0.3) is 0 Å². The summed E-state index contributed by atoms with van der Waals surface area (Å²) in [5.41, 5.74) is 1.48. The van der Waals surface area contributed by atoms with Crippen molar-refractivity contribution >= 4 is 45.5 Å². The molecule has 3 N–H and O–H groups in total. The fourth-order valence-electron chi connectivity index (χ4n) is 3.87. The van der Waals surface area contributed by atoms with Gasteiger partial charge in [0.2, 0.25) is 11.7 Å². The van der Waals surface area contributed by atoms with E-state index in [2.05, 4.69) is 27.5 Å². The number of carbonyl (C=O) groups excluding carboxylic acids is 2. The van der Waals surface area contributed by atoms with Gasteiger partial charge in [-0.25, -0.2) is 13.8 Å². The molecular weight excluding hydrogens is 498 g/mol. The summed E-state index contributed by atoms with van der Waals surface area (Å²) in [7, 11) is 3.91. The van der Waals surface area contributed by atoms with Crippen LogP contribution in [0.4, 0.5) is 31.7 Å². The van der Waals surface area contributed by atoms with E-state index < -0.39 is 23.0 Å². The Morgan fingerprint density at radius 2 is 1.74 bits per heavy atom. The van der Waals surface area contributed by atoms with Gasteiger partial charge in [-0.05, 0) is 36.8 Å². The topological polar surface area (TPSA) is 115 Å². The molecule has 4 rings (SSSR count). The molecule has 0 aliphatic heterocycles. The molecule has 11 heteroatoms. The zero-order valence-corrected chi connectivity index (χ0v) is 21.0. The number of furan rings is 1. The first-order valence-corrected chi connectivity index (χ1v) is 11.3. The van der Waals surface area contributed by atoms with E-state index in [4.69, 9.17) is 13.9 Å². The molecule has 0 atom stereocenters. The smallest absolute Gasteiger partial charge is 0.247 e. The Morgan fingerprint density at radius 1 is 1.05 bits per heavy atom. The van der Waals surface area contributed by atoms with E-state index in [1.807, 2.05) is 13.0 Å². The number of nitrogens with zero attached hydrogens (tertiary/aromatic N) is 1. The highest BCUT2D eigenvalue weighted by atomic mass is 19.1. The molecule has 38 heavy (non-hydrogen) atoms. The number of rotatable bonds is 9. The maximum Gasteiger partial charge on any atom is 0.247 e. The minimum absolute atomic E-state index is 0.195. The second kappa shape index (κ2) is 10.6. The number of aromatic nitrogens is 1. The molecule has 0 bridgehead atoms. The Morgan fingerprint density at radius 3 is 2.34 bits per heavy atom. The Bertz CT molecular complexity index is 1550. The van der Waals surface area contributed by atoms with Crippen molar-refractivity contribution in [2.75, 3.05) is 37.2 Å². The number of ketones is 1. The quantitative estimate of drug-likeness (QED) is 0.193. The third-order valence-electron chi connectivity index (χ3n) is 5.71. The maximum atomic E-state index is 15.0. The molecule has 0 aliphatic carbocycles. The number of nitrogens with one attached hydrogen (secondary N) is 3. The van der Waals surface area contributed by atoms with Gasteiger partial charge in [0.15, 0.2) is 34.5 Å². The maximum absolute atomic E-state index is 15.0. The van der Waals surface area contributed by atoms with Gasteiger partial charge in [0.05, 0.1) is 37.5 Å². The summed E-state index contributed by atoms with van der Waals surface area (Å²) in [6, 6.07) is 8.01. The van der Waals surface area contributed by atoms with Gasteiger partial charge in [0, 0.05) is 18.5 Å². The Labute approximate surface area is 216 Å². The molecule has 0 unspecified atom stereocenters. The summed E-state index contributed by atoms with van der Waals surface area (Å²) in [6.07, 6.45) is 2.52. The average Bonchev–Trinajstić information content (AvgIpc) is 3.28. The van der Waals surface area contributed by atoms with E-state index in [1.54, 1.807) is 18.2 Å². The molecule has 0 saturated carbocycles. The second-order valence-electron chi connectivity index (χ2n) is 8.10. The van der Waals surface area contributed by atoms with Crippen LogP contribution in [-0.4, -0.2) is 37.9 Å². The number of anilines is 4. The zero-order chi connectivity index (χ0) is 27.6. The van der Waals surface area contributed by atoms with Crippen LogP contribution in [-0.2, 0) is 4.79 Å².